The third-order valence-corrected chi connectivity index (χ3v) is 2.83. The molecule has 4 heteroatoms. The van der Waals surface area contributed by atoms with Crippen LogP contribution in [0.15, 0.2) is 12.4 Å². The zero-order valence-corrected chi connectivity index (χ0v) is 9.78. The van der Waals surface area contributed by atoms with Crippen molar-refractivity contribution in [3.63, 3.8) is 0 Å². The average Bonchev–Trinajstić information content (AvgIpc) is 2.97. The maximum atomic E-state index is 11.6. The van der Waals surface area contributed by atoms with E-state index in [0.717, 1.165) is 18.7 Å². The van der Waals surface area contributed by atoms with Crippen LogP contribution in [0.5, 0.6) is 0 Å². The number of nitrogens with one attached hydrogen (secondary N) is 1. The molecule has 1 heterocycles. The van der Waals surface area contributed by atoms with E-state index < -0.39 is 0 Å². The minimum Gasteiger partial charge on any atom is -0.314 e. The molecule has 1 N–H and O–H groups in total. The Hall–Kier alpha value is -1.16. The molecule has 4 nitrogen and oxygen atoms in total. The number of hydrogen-bond donors (Lipinski definition) is 1. The van der Waals surface area contributed by atoms with Gasteiger partial charge >= 0.3 is 0 Å². The van der Waals surface area contributed by atoms with Crippen molar-refractivity contribution in [3.05, 3.63) is 18.0 Å². The second-order valence-electron chi connectivity index (χ2n) is 4.40. The fourth-order valence-electron chi connectivity index (χ4n) is 1.69. The standard InChI is InChI=1S/C12H19N3O/c1-2-15-9-10(8-14-15)7-12(16)5-6-13-11-3-4-11/h8-9,11,13H,2-7H2,1H3. The molecular formula is C12H19N3O. The summed E-state index contributed by atoms with van der Waals surface area (Å²) in [4.78, 5) is 11.6. The molecule has 0 atom stereocenters. The number of carbonyl (C=O) groups is 1. The zero-order valence-electron chi connectivity index (χ0n) is 9.78. The lowest BCUT2D eigenvalue weighted by atomic mass is 10.1. The number of aromatic nitrogens is 2. The summed E-state index contributed by atoms with van der Waals surface area (Å²) in [6.07, 6.45) is 7.44. The molecule has 0 amide bonds. The van der Waals surface area contributed by atoms with Crippen molar-refractivity contribution >= 4 is 5.78 Å². The Kier molecular flexibility index (Phi) is 3.72. The SMILES string of the molecule is CCn1cc(CC(=O)CCNC2CC2)cn1. The predicted octanol–water partition coefficient (Wildman–Crippen LogP) is 1.16. The Balaban J connectivity index is 1.68. The quantitative estimate of drug-likeness (QED) is 0.751. The van der Waals surface area contributed by atoms with Crippen LogP contribution < -0.4 is 5.32 Å². The van der Waals surface area contributed by atoms with E-state index in [9.17, 15) is 4.79 Å². The van der Waals surface area contributed by atoms with Gasteiger partial charge in [0.25, 0.3) is 0 Å². The first-order chi connectivity index (χ1) is 7.78. The van der Waals surface area contributed by atoms with Crippen molar-refractivity contribution in [1.82, 2.24) is 15.1 Å². The van der Waals surface area contributed by atoms with Crippen LogP contribution in [0.25, 0.3) is 0 Å². The van der Waals surface area contributed by atoms with Gasteiger partial charge < -0.3 is 5.32 Å². The molecule has 1 aliphatic rings. The van der Waals surface area contributed by atoms with Crippen molar-refractivity contribution in [3.8, 4) is 0 Å². The smallest absolute Gasteiger partial charge is 0.138 e. The number of ketones is 1. The normalized spacial score (nSPS) is 15.3. The van der Waals surface area contributed by atoms with Gasteiger partial charge in [0.15, 0.2) is 0 Å². The molecule has 88 valence electrons. The number of Topliss-reactive ketones (excluding diaryl/α,β-unsaturated/α-hetero) is 1. The average molecular weight is 221 g/mol. The van der Waals surface area contributed by atoms with Gasteiger partial charge in [0.2, 0.25) is 0 Å². The van der Waals surface area contributed by atoms with Crippen LogP contribution >= 0.6 is 0 Å². The van der Waals surface area contributed by atoms with Gasteiger partial charge in [-0.05, 0) is 25.3 Å². The topological polar surface area (TPSA) is 46.9 Å². The van der Waals surface area contributed by atoms with Gasteiger partial charge in [-0.3, -0.25) is 9.48 Å². The monoisotopic (exact) mass is 221 g/mol. The van der Waals surface area contributed by atoms with Crippen molar-refractivity contribution in [2.24, 2.45) is 0 Å². The van der Waals surface area contributed by atoms with Gasteiger partial charge in [0.1, 0.15) is 5.78 Å². The fraction of sp³-hybridized carbons (Fsp3) is 0.667. The first-order valence-corrected chi connectivity index (χ1v) is 6.04. The Morgan fingerprint density at radius 1 is 1.62 bits per heavy atom. The Bertz CT molecular complexity index is 355. The van der Waals surface area contributed by atoms with Gasteiger partial charge in [0, 0.05) is 38.2 Å². The van der Waals surface area contributed by atoms with E-state index in [0.29, 0.717) is 24.7 Å². The lowest BCUT2D eigenvalue weighted by Crippen LogP contribution is -2.20. The Labute approximate surface area is 96.0 Å². The third kappa shape index (κ3) is 3.45. The van der Waals surface area contributed by atoms with Gasteiger partial charge in [-0.25, -0.2) is 0 Å². The highest BCUT2D eigenvalue weighted by molar-refractivity contribution is 5.80. The second-order valence-corrected chi connectivity index (χ2v) is 4.40. The van der Waals surface area contributed by atoms with Crippen LogP contribution in [0.3, 0.4) is 0 Å². The molecule has 0 radical (unpaired) electrons. The van der Waals surface area contributed by atoms with E-state index >= 15 is 0 Å². The van der Waals surface area contributed by atoms with Crippen molar-refractivity contribution in [2.45, 2.75) is 45.2 Å². The first-order valence-electron chi connectivity index (χ1n) is 6.04. The zero-order chi connectivity index (χ0) is 11.4. The van der Waals surface area contributed by atoms with Gasteiger partial charge in [0.05, 0.1) is 6.20 Å². The van der Waals surface area contributed by atoms with Crippen molar-refractivity contribution in [2.75, 3.05) is 6.54 Å². The highest BCUT2D eigenvalue weighted by Gasteiger charge is 2.20. The molecule has 0 spiro atoms. The maximum absolute atomic E-state index is 11.6. The Morgan fingerprint density at radius 2 is 2.44 bits per heavy atom. The van der Waals surface area contributed by atoms with E-state index in [2.05, 4.69) is 10.4 Å². The maximum Gasteiger partial charge on any atom is 0.138 e. The van der Waals surface area contributed by atoms with Gasteiger partial charge in [-0.2, -0.15) is 5.10 Å². The van der Waals surface area contributed by atoms with E-state index in [1.807, 2.05) is 17.8 Å². The molecule has 0 saturated heterocycles. The van der Waals surface area contributed by atoms with Crippen LogP contribution in [0.2, 0.25) is 0 Å². The molecule has 1 aromatic rings. The number of carbonyl (C=O) groups excluding carboxylic acids is 1. The minimum absolute atomic E-state index is 0.295. The number of rotatable bonds is 7. The summed E-state index contributed by atoms with van der Waals surface area (Å²) in [6, 6.07) is 0.690. The number of aryl methyl sites for hydroxylation is 1. The molecule has 0 unspecified atom stereocenters. The third-order valence-electron chi connectivity index (χ3n) is 2.83. The summed E-state index contributed by atoms with van der Waals surface area (Å²) in [5, 5.41) is 7.50. The van der Waals surface area contributed by atoms with Crippen molar-refractivity contribution < 1.29 is 4.79 Å². The Morgan fingerprint density at radius 3 is 3.06 bits per heavy atom. The second kappa shape index (κ2) is 5.25. The summed E-state index contributed by atoms with van der Waals surface area (Å²) in [5.74, 6) is 0.295. The molecule has 0 aliphatic heterocycles. The molecule has 0 aromatic carbocycles. The summed E-state index contributed by atoms with van der Waals surface area (Å²) >= 11 is 0. The molecule has 1 aromatic heterocycles. The van der Waals surface area contributed by atoms with E-state index in [4.69, 9.17) is 0 Å². The molecule has 1 fully saturated rings. The van der Waals surface area contributed by atoms with Gasteiger partial charge in [-0.15, -0.1) is 0 Å². The summed E-state index contributed by atoms with van der Waals surface area (Å²) in [6.45, 7) is 3.72. The molecule has 2 rings (SSSR count). The highest BCUT2D eigenvalue weighted by atomic mass is 16.1. The highest BCUT2D eigenvalue weighted by Crippen LogP contribution is 2.18. The molecule has 16 heavy (non-hydrogen) atoms. The lowest BCUT2D eigenvalue weighted by Gasteiger charge is -2.00. The fourth-order valence-corrected chi connectivity index (χ4v) is 1.69. The number of hydrogen-bond acceptors (Lipinski definition) is 3. The molecule has 0 bridgehead atoms. The van der Waals surface area contributed by atoms with Crippen LogP contribution in [-0.4, -0.2) is 28.2 Å². The summed E-state index contributed by atoms with van der Waals surface area (Å²) < 4.78 is 1.85. The molecule has 1 saturated carbocycles. The van der Waals surface area contributed by atoms with E-state index in [1.165, 1.54) is 12.8 Å². The van der Waals surface area contributed by atoms with Gasteiger partial charge in [-0.1, -0.05) is 0 Å². The van der Waals surface area contributed by atoms with E-state index in [-0.39, 0.29) is 0 Å². The molecule has 1 aliphatic carbocycles. The largest absolute Gasteiger partial charge is 0.314 e. The minimum atomic E-state index is 0.295. The van der Waals surface area contributed by atoms with Crippen LogP contribution in [0.1, 0.15) is 31.7 Å². The lowest BCUT2D eigenvalue weighted by molar-refractivity contribution is -0.118. The van der Waals surface area contributed by atoms with Crippen molar-refractivity contribution in [1.29, 1.82) is 0 Å². The van der Waals surface area contributed by atoms with Crippen LogP contribution in [0.4, 0.5) is 0 Å². The predicted molar refractivity (Wildman–Crippen MR) is 62.3 cm³/mol. The first kappa shape index (κ1) is 11.3. The van der Waals surface area contributed by atoms with Crippen LogP contribution in [0, 0.1) is 0 Å². The molecular weight excluding hydrogens is 202 g/mol. The van der Waals surface area contributed by atoms with E-state index in [1.54, 1.807) is 6.20 Å². The van der Waals surface area contributed by atoms with Crippen LogP contribution in [-0.2, 0) is 17.8 Å². The summed E-state index contributed by atoms with van der Waals surface area (Å²) in [5.41, 5.74) is 1.03. The number of nitrogens with zero attached hydrogens (tertiary/aromatic N) is 2. The summed E-state index contributed by atoms with van der Waals surface area (Å²) in [7, 11) is 0.